The van der Waals surface area contributed by atoms with E-state index in [1.165, 1.54) is 18.4 Å². The fraction of sp³-hybridized carbons (Fsp3) is 0.111. The quantitative estimate of drug-likeness (QED) is 0.522. The van der Waals surface area contributed by atoms with Crippen LogP contribution in [0.2, 0.25) is 5.02 Å². The number of carbonyl (C=O) groups excluding carboxylic acids is 1. The molecule has 0 radical (unpaired) electrons. The first-order chi connectivity index (χ1) is 13.7. The number of rotatable bonds is 3. The number of amides is 1. The smallest absolute Gasteiger partial charge is 0.433 e. The Balaban J connectivity index is 1.78. The fourth-order valence-electron chi connectivity index (χ4n) is 2.64. The Bertz CT molecular complexity index is 1220. The van der Waals surface area contributed by atoms with Crippen LogP contribution >= 0.6 is 11.6 Å². The van der Waals surface area contributed by atoms with Gasteiger partial charge in [0.2, 0.25) is 5.82 Å². The maximum Gasteiger partial charge on any atom is 0.433 e. The number of anilines is 1. The molecule has 0 fully saturated rings. The minimum Gasteiger partial charge on any atom is -0.463 e. The largest absolute Gasteiger partial charge is 0.463 e. The minimum atomic E-state index is -4.76. The van der Waals surface area contributed by atoms with Crippen LogP contribution in [0.3, 0.4) is 0 Å². The average molecular weight is 422 g/mol. The second kappa shape index (κ2) is 6.89. The molecule has 0 bridgehead atoms. The predicted octanol–water partition coefficient (Wildman–Crippen LogP) is 4.62. The molecule has 1 N–H and O–H groups in total. The summed E-state index contributed by atoms with van der Waals surface area (Å²) in [6.45, 7) is 1.69. The molecule has 4 rings (SSSR count). The van der Waals surface area contributed by atoms with Crippen molar-refractivity contribution in [2.45, 2.75) is 13.1 Å². The zero-order chi connectivity index (χ0) is 20.8. The highest BCUT2D eigenvalue weighted by Crippen LogP contribution is 2.32. The number of fused-ring (bicyclic) bond motifs is 1. The van der Waals surface area contributed by atoms with E-state index in [4.69, 9.17) is 16.0 Å². The molecule has 0 saturated carbocycles. The van der Waals surface area contributed by atoms with Crippen molar-refractivity contribution >= 4 is 29.0 Å². The van der Waals surface area contributed by atoms with Gasteiger partial charge in [-0.15, -0.1) is 5.10 Å². The molecule has 0 saturated heterocycles. The van der Waals surface area contributed by atoms with Gasteiger partial charge in [-0.25, -0.2) is 4.98 Å². The van der Waals surface area contributed by atoms with Crippen LogP contribution < -0.4 is 5.32 Å². The Hall–Kier alpha value is -3.40. The highest BCUT2D eigenvalue weighted by molar-refractivity contribution is 6.31. The lowest BCUT2D eigenvalue weighted by atomic mass is 10.2. The molecule has 11 heteroatoms. The van der Waals surface area contributed by atoms with Crippen LogP contribution in [0.15, 0.2) is 47.1 Å². The Morgan fingerprint density at radius 2 is 2.00 bits per heavy atom. The fourth-order valence-corrected chi connectivity index (χ4v) is 2.81. The molecule has 1 amide bonds. The number of furan rings is 1. The van der Waals surface area contributed by atoms with Gasteiger partial charge in [0.1, 0.15) is 5.69 Å². The summed E-state index contributed by atoms with van der Waals surface area (Å²) in [7, 11) is 0. The molecule has 7 nitrogen and oxygen atoms in total. The summed E-state index contributed by atoms with van der Waals surface area (Å²) in [6.07, 6.45) is -3.45. The topological polar surface area (TPSA) is 85.3 Å². The van der Waals surface area contributed by atoms with E-state index in [2.05, 4.69) is 20.4 Å². The minimum absolute atomic E-state index is 0.0835. The Kier molecular flexibility index (Phi) is 4.50. The van der Waals surface area contributed by atoms with Crippen LogP contribution in [0, 0.1) is 6.92 Å². The Labute approximate surface area is 166 Å². The van der Waals surface area contributed by atoms with E-state index in [1.54, 1.807) is 25.1 Å². The molecule has 3 aromatic heterocycles. The number of carbonyl (C=O) groups is 1. The number of hydrogen-bond acceptors (Lipinski definition) is 5. The van der Waals surface area contributed by atoms with Crippen molar-refractivity contribution in [3.05, 3.63) is 64.8 Å². The molecule has 4 aromatic rings. The Morgan fingerprint density at radius 3 is 2.69 bits per heavy atom. The molecule has 1 aromatic carbocycles. The molecule has 0 aliphatic rings. The van der Waals surface area contributed by atoms with Gasteiger partial charge in [-0.2, -0.15) is 22.7 Å². The number of aromatic nitrogens is 4. The van der Waals surface area contributed by atoms with E-state index in [0.717, 1.165) is 6.07 Å². The maximum absolute atomic E-state index is 13.5. The van der Waals surface area contributed by atoms with Crippen LogP contribution in [-0.4, -0.2) is 25.5 Å². The molecule has 0 aliphatic heterocycles. The third-order valence-electron chi connectivity index (χ3n) is 4.10. The van der Waals surface area contributed by atoms with Crippen LogP contribution in [0.4, 0.5) is 18.9 Å². The van der Waals surface area contributed by atoms with E-state index in [-0.39, 0.29) is 17.2 Å². The molecular formula is C18H11ClF3N5O2. The van der Waals surface area contributed by atoms with Crippen molar-refractivity contribution in [1.82, 2.24) is 19.6 Å². The van der Waals surface area contributed by atoms with Crippen molar-refractivity contribution in [3.63, 3.8) is 0 Å². The molecule has 3 heterocycles. The number of halogens is 4. The lowest BCUT2D eigenvalue weighted by molar-refractivity contribution is -0.142. The molecular weight excluding hydrogens is 411 g/mol. The van der Waals surface area contributed by atoms with Crippen molar-refractivity contribution in [2.24, 2.45) is 0 Å². The summed E-state index contributed by atoms with van der Waals surface area (Å²) in [4.78, 5) is 20.4. The summed E-state index contributed by atoms with van der Waals surface area (Å²) in [5.74, 6) is -1.53. The highest BCUT2D eigenvalue weighted by Gasteiger charge is 2.36. The van der Waals surface area contributed by atoms with Crippen LogP contribution in [0.5, 0.6) is 0 Å². The summed E-state index contributed by atoms with van der Waals surface area (Å²) in [6, 6.07) is 8.63. The normalized spacial score (nSPS) is 11.8. The summed E-state index contributed by atoms with van der Waals surface area (Å²) in [5, 5.41) is 6.66. The summed E-state index contributed by atoms with van der Waals surface area (Å²) >= 11 is 6.01. The summed E-state index contributed by atoms with van der Waals surface area (Å²) in [5.41, 5.74) is -0.235. The first kappa shape index (κ1) is 18.9. The number of nitrogens with one attached hydrogen (secondary N) is 1. The van der Waals surface area contributed by atoms with E-state index < -0.39 is 23.6 Å². The predicted molar refractivity (Wildman–Crippen MR) is 97.6 cm³/mol. The lowest BCUT2D eigenvalue weighted by Crippen LogP contribution is -2.16. The molecule has 0 unspecified atom stereocenters. The van der Waals surface area contributed by atoms with Crippen molar-refractivity contribution in [1.29, 1.82) is 0 Å². The number of benzene rings is 1. The SMILES string of the molecule is Cc1c(Cl)cccc1NC(=O)c1nc2nc(-c3ccco3)cc(C(F)(F)F)n2n1. The van der Waals surface area contributed by atoms with Gasteiger partial charge in [0.05, 0.1) is 6.26 Å². The van der Waals surface area contributed by atoms with Gasteiger partial charge in [0.25, 0.3) is 11.7 Å². The third-order valence-corrected chi connectivity index (χ3v) is 4.50. The first-order valence-electron chi connectivity index (χ1n) is 8.19. The monoisotopic (exact) mass is 421 g/mol. The molecule has 0 aliphatic carbocycles. The van der Waals surface area contributed by atoms with Crippen molar-refractivity contribution in [3.8, 4) is 11.5 Å². The van der Waals surface area contributed by atoms with E-state index >= 15 is 0 Å². The molecule has 29 heavy (non-hydrogen) atoms. The van der Waals surface area contributed by atoms with E-state index in [1.807, 2.05) is 0 Å². The van der Waals surface area contributed by atoms with Gasteiger partial charge >= 0.3 is 6.18 Å². The van der Waals surface area contributed by atoms with Crippen LogP contribution in [0.25, 0.3) is 17.2 Å². The van der Waals surface area contributed by atoms with Gasteiger partial charge in [-0.3, -0.25) is 4.79 Å². The van der Waals surface area contributed by atoms with Crippen LogP contribution in [0.1, 0.15) is 21.9 Å². The maximum atomic E-state index is 13.5. The van der Waals surface area contributed by atoms with Gasteiger partial charge in [0, 0.05) is 10.7 Å². The van der Waals surface area contributed by atoms with Crippen LogP contribution in [-0.2, 0) is 6.18 Å². The van der Waals surface area contributed by atoms with E-state index in [0.29, 0.717) is 20.8 Å². The highest BCUT2D eigenvalue weighted by atomic mass is 35.5. The average Bonchev–Trinajstić information content (AvgIpc) is 3.33. The van der Waals surface area contributed by atoms with Gasteiger partial charge in [-0.1, -0.05) is 17.7 Å². The molecule has 0 atom stereocenters. The zero-order valence-corrected chi connectivity index (χ0v) is 15.4. The van der Waals surface area contributed by atoms with Gasteiger partial charge in [0.15, 0.2) is 11.5 Å². The lowest BCUT2D eigenvalue weighted by Gasteiger charge is -2.09. The second-order valence-electron chi connectivity index (χ2n) is 6.02. The van der Waals surface area contributed by atoms with E-state index in [9.17, 15) is 18.0 Å². The number of alkyl halides is 3. The number of hydrogen-bond donors (Lipinski definition) is 1. The standard InChI is InChI=1S/C18H11ClF3N5O2/c1-9-10(19)4-2-5-11(9)23-16(28)15-25-17-24-12(13-6-3-7-29-13)8-14(18(20,21)22)27(17)26-15/h2-8H,1H3,(H,23,28). The first-order valence-corrected chi connectivity index (χ1v) is 8.57. The van der Waals surface area contributed by atoms with Gasteiger partial charge < -0.3 is 9.73 Å². The number of nitrogens with zero attached hydrogens (tertiary/aromatic N) is 4. The van der Waals surface area contributed by atoms with Gasteiger partial charge in [-0.05, 0) is 42.8 Å². The molecule has 0 spiro atoms. The zero-order valence-electron chi connectivity index (χ0n) is 14.7. The Morgan fingerprint density at radius 1 is 1.21 bits per heavy atom. The van der Waals surface area contributed by atoms with Crippen molar-refractivity contribution in [2.75, 3.05) is 5.32 Å². The summed E-state index contributed by atoms with van der Waals surface area (Å²) < 4.78 is 46.2. The molecule has 148 valence electrons. The third kappa shape index (κ3) is 3.54. The van der Waals surface area contributed by atoms with Crippen molar-refractivity contribution < 1.29 is 22.4 Å². The second-order valence-corrected chi connectivity index (χ2v) is 6.42.